The van der Waals surface area contributed by atoms with Crippen LogP contribution in [0.5, 0.6) is 5.75 Å². The smallest absolute Gasteiger partial charge is 0.187 e. The highest BCUT2D eigenvalue weighted by molar-refractivity contribution is 6.32. The molecule has 2 nitrogen and oxygen atoms in total. The number of benzene rings is 1. The zero-order valence-corrected chi connectivity index (χ0v) is 9.18. The number of Topliss-reactive ketones (excluding diaryl/α,β-unsaturated/α-hetero) is 1. The van der Waals surface area contributed by atoms with Gasteiger partial charge < -0.3 is 4.74 Å². The van der Waals surface area contributed by atoms with Gasteiger partial charge in [-0.3, -0.25) is 4.79 Å². The topological polar surface area (TPSA) is 26.3 Å². The van der Waals surface area contributed by atoms with Gasteiger partial charge in [-0.25, -0.2) is 0 Å². The van der Waals surface area contributed by atoms with Crippen molar-refractivity contribution in [2.75, 3.05) is 5.88 Å². The zero-order chi connectivity index (χ0) is 10.6. The molecule has 0 N–H and O–H groups in total. The molecule has 4 heteroatoms. The second kappa shape index (κ2) is 5.23. The Morgan fingerprint density at radius 3 is 2.71 bits per heavy atom. The SMILES string of the molecule is CC(Oc1ccccc1Cl)C(=O)CCl. The van der Waals surface area contributed by atoms with Crippen molar-refractivity contribution >= 4 is 29.0 Å². The molecule has 1 aromatic carbocycles. The highest BCUT2D eigenvalue weighted by Crippen LogP contribution is 2.24. The molecule has 0 amide bonds. The minimum atomic E-state index is -0.563. The van der Waals surface area contributed by atoms with E-state index < -0.39 is 6.10 Å². The number of ether oxygens (including phenoxy) is 1. The summed E-state index contributed by atoms with van der Waals surface area (Å²) in [4.78, 5) is 11.1. The number of hydrogen-bond donors (Lipinski definition) is 0. The number of rotatable bonds is 4. The molecule has 0 bridgehead atoms. The summed E-state index contributed by atoms with van der Waals surface area (Å²) < 4.78 is 5.33. The molecule has 1 rings (SSSR count). The molecule has 0 aliphatic carbocycles. The first-order valence-electron chi connectivity index (χ1n) is 4.15. The van der Waals surface area contributed by atoms with Gasteiger partial charge in [0.25, 0.3) is 0 Å². The van der Waals surface area contributed by atoms with E-state index in [9.17, 15) is 4.79 Å². The summed E-state index contributed by atoms with van der Waals surface area (Å²) in [7, 11) is 0. The predicted molar refractivity (Wildman–Crippen MR) is 57.3 cm³/mol. The Balaban J connectivity index is 2.69. The van der Waals surface area contributed by atoms with Crippen LogP contribution in [0.1, 0.15) is 6.92 Å². The lowest BCUT2D eigenvalue weighted by Gasteiger charge is -2.13. The largest absolute Gasteiger partial charge is 0.481 e. The van der Waals surface area contributed by atoms with E-state index in [1.165, 1.54) is 0 Å². The number of para-hydroxylation sites is 1. The Morgan fingerprint density at radius 2 is 2.14 bits per heavy atom. The predicted octanol–water partition coefficient (Wildman–Crippen LogP) is 2.92. The average Bonchev–Trinajstić information content (AvgIpc) is 2.20. The molecule has 0 fully saturated rings. The molecule has 0 aliphatic heterocycles. The van der Waals surface area contributed by atoms with Gasteiger partial charge in [0.15, 0.2) is 11.9 Å². The first-order valence-corrected chi connectivity index (χ1v) is 5.06. The molecule has 1 unspecified atom stereocenters. The second-order valence-electron chi connectivity index (χ2n) is 2.79. The summed E-state index contributed by atoms with van der Waals surface area (Å²) in [6.45, 7) is 1.65. The van der Waals surface area contributed by atoms with Crippen molar-refractivity contribution in [3.8, 4) is 5.75 Å². The Morgan fingerprint density at radius 1 is 1.50 bits per heavy atom. The zero-order valence-electron chi connectivity index (χ0n) is 7.67. The number of carbonyl (C=O) groups excluding carboxylic acids is 1. The van der Waals surface area contributed by atoms with Crippen LogP contribution in [0.15, 0.2) is 24.3 Å². The lowest BCUT2D eigenvalue weighted by atomic mass is 10.3. The minimum Gasteiger partial charge on any atom is -0.481 e. The molecule has 0 spiro atoms. The Bertz CT molecular complexity index is 326. The van der Waals surface area contributed by atoms with Gasteiger partial charge in [0.05, 0.1) is 10.9 Å². The van der Waals surface area contributed by atoms with Crippen molar-refractivity contribution in [2.24, 2.45) is 0 Å². The number of alkyl halides is 1. The van der Waals surface area contributed by atoms with E-state index in [1.54, 1.807) is 31.2 Å². The van der Waals surface area contributed by atoms with E-state index in [0.717, 1.165) is 0 Å². The molecule has 1 atom stereocenters. The summed E-state index contributed by atoms with van der Waals surface area (Å²) in [5.74, 6) is 0.290. The fourth-order valence-corrected chi connectivity index (χ4v) is 1.30. The minimum absolute atomic E-state index is 0.0500. The standard InChI is InChI=1S/C10H10Cl2O2/c1-7(9(13)6-11)14-10-5-3-2-4-8(10)12/h2-5,7H,6H2,1H3. The first kappa shape index (κ1) is 11.3. The molecule has 1 aromatic rings. The van der Waals surface area contributed by atoms with Gasteiger partial charge in [-0.15, -0.1) is 11.6 Å². The number of ketones is 1. The average molecular weight is 233 g/mol. The first-order chi connectivity index (χ1) is 6.65. The van der Waals surface area contributed by atoms with E-state index >= 15 is 0 Å². The maximum absolute atomic E-state index is 11.1. The van der Waals surface area contributed by atoms with Crippen LogP contribution in [0, 0.1) is 0 Å². The highest BCUT2D eigenvalue weighted by atomic mass is 35.5. The quantitative estimate of drug-likeness (QED) is 0.747. The highest BCUT2D eigenvalue weighted by Gasteiger charge is 2.14. The van der Waals surface area contributed by atoms with Crippen LogP contribution in [0.25, 0.3) is 0 Å². The van der Waals surface area contributed by atoms with Crippen molar-refractivity contribution in [3.05, 3.63) is 29.3 Å². The molecule has 0 aromatic heterocycles. The maximum Gasteiger partial charge on any atom is 0.187 e. The Labute approximate surface area is 92.8 Å². The van der Waals surface area contributed by atoms with E-state index in [0.29, 0.717) is 10.8 Å². The molecule has 0 heterocycles. The molecule has 0 saturated heterocycles. The van der Waals surface area contributed by atoms with Crippen LogP contribution in [-0.4, -0.2) is 17.8 Å². The van der Waals surface area contributed by atoms with Crippen LogP contribution < -0.4 is 4.74 Å². The second-order valence-corrected chi connectivity index (χ2v) is 3.46. The van der Waals surface area contributed by atoms with E-state index in [2.05, 4.69) is 0 Å². The van der Waals surface area contributed by atoms with Gasteiger partial charge in [-0.05, 0) is 19.1 Å². The van der Waals surface area contributed by atoms with Gasteiger partial charge in [-0.2, -0.15) is 0 Å². The third kappa shape index (κ3) is 2.89. The van der Waals surface area contributed by atoms with Gasteiger partial charge in [0.2, 0.25) is 0 Å². The fourth-order valence-electron chi connectivity index (χ4n) is 0.905. The van der Waals surface area contributed by atoms with Crippen molar-refractivity contribution in [1.82, 2.24) is 0 Å². The van der Waals surface area contributed by atoms with Crippen LogP contribution in [-0.2, 0) is 4.79 Å². The Hall–Kier alpha value is -0.730. The van der Waals surface area contributed by atoms with E-state index in [1.807, 2.05) is 0 Å². The van der Waals surface area contributed by atoms with Crippen molar-refractivity contribution in [1.29, 1.82) is 0 Å². The van der Waals surface area contributed by atoms with Crippen LogP contribution in [0.3, 0.4) is 0 Å². The van der Waals surface area contributed by atoms with Crippen LogP contribution in [0.4, 0.5) is 0 Å². The van der Waals surface area contributed by atoms with E-state index in [-0.39, 0.29) is 11.7 Å². The molecule has 0 aliphatic rings. The van der Waals surface area contributed by atoms with Crippen LogP contribution >= 0.6 is 23.2 Å². The third-order valence-electron chi connectivity index (χ3n) is 1.73. The van der Waals surface area contributed by atoms with Crippen molar-refractivity contribution in [3.63, 3.8) is 0 Å². The maximum atomic E-state index is 11.1. The van der Waals surface area contributed by atoms with Gasteiger partial charge in [-0.1, -0.05) is 23.7 Å². The summed E-state index contributed by atoms with van der Waals surface area (Å²) >= 11 is 11.2. The summed E-state index contributed by atoms with van der Waals surface area (Å²) in [5, 5.41) is 0.488. The van der Waals surface area contributed by atoms with Gasteiger partial charge >= 0.3 is 0 Å². The molecular weight excluding hydrogens is 223 g/mol. The van der Waals surface area contributed by atoms with Crippen molar-refractivity contribution < 1.29 is 9.53 Å². The third-order valence-corrected chi connectivity index (χ3v) is 2.30. The molecule has 76 valence electrons. The fraction of sp³-hybridized carbons (Fsp3) is 0.300. The van der Waals surface area contributed by atoms with Crippen molar-refractivity contribution in [2.45, 2.75) is 13.0 Å². The summed E-state index contributed by atoms with van der Waals surface area (Å²) in [6, 6.07) is 7.00. The lowest BCUT2D eigenvalue weighted by molar-refractivity contribution is -0.122. The van der Waals surface area contributed by atoms with Gasteiger partial charge in [0, 0.05) is 0 Å². The van der Waals surface area contributed by atoms with E-state index in [4.69, 9.17) is 27.9 Å². The lowest BCUT2D eigenvalue weighted by Crippen LogP contribution is -2.24. The molecule has 0 saturated carbocycles. The molecular formula is C10H10Cl2O2. The monoisotopic (exact) mass is 232 g/mol. The number of halogens is 2. The molecule has 0 radical (unpaired) electrons. The molecule has 14 heavy (non-hydrogen) atoms. The van der Waals surface area contributed by atoms with Gasteiger partial charge in [0.1, 0.15) is 5.75 Å². The number of carbonyl (C=O) groups is 1. The summed E-state index contributed by atoms with van der Waals surface area (Å²) in [6.07, 6.45) is -0.563. The van der Waals surface area contributed by atoms with Crippen LogP contribution in [0.2, 0.25) is 5.02 Å². The summed E-state index contributed by atoms with van der Waals surface area (Å²) in [5.41, 5.74) is 0. The normalized spacial score (nSPS) is 12.2. The Kier molecular flexibility index (Phi) is 4.23. The number of hydrogen-bond acceptors (Lipinski definition) is 2.